The Morgan fingerprint density at radius 1 is 0.951 bits per heavy atom. The third kappa shape index (κ3) is 4.51. The summed E-state index contributed by atoms with van der Waals surface area (Å²) in [5, 5.41) is 0.0428. The van der Waals surface area contributed by atoms with Crippen LogP contribution in [0.4, 0.5) is 13.2 Å². The van der Waals surface area contributed by atoms with Gasteiger partial charge in [0.25, 0.3) is 5.84 Å². The summed E-state index contributed by atoms with van der Waals surface area (Å²) in [4.78, 5) is 19.0. The highest BCUT2D eigenvalue weighted by atomic mass is 19.4. The summed E-state index contributed by atoms with van der Waals surface area (Å²) in [6.45, 7) is 4.31. The first kappa shape index (κ1) is 26.2. The first-order valence-corrected chi connectivity index (χ1v) is 13.9. The summed E-state index contributed by atoms with van der Waals surface area (Å²) in [5.74, 6) is 7.77. The molecule has 2 fully saturated rings. The Labute approximate surface area is 236 Å². The number of nitrogens with two attached hydrogens (primary N) is 1. The highest BCUT2D eigenvalue weighted by Crippen LogP contribution is 2.44. The van der Waals surface area contributed by atoms with Gasteiger partial charge in [-0.25, -0.2) is 4.98 Å². The second-order valence-corrected chi connectivity index (χ2v) is 11.4. The lowest BCUT2D eigenvalue weighted by Crippen LogP contribution is -2.54. The monoisotopic (exact) mass is 558 g/mol. The molecule has 4 heterocycles. The average molecular weight is 559 g/mol. The third-order valence-corrected chi connectivity index (χ3v) is 8.82. The lowest BCUT2D eigenvalue weighted by atomic mass is 9.76. The maximum atomic E-state index is 14.2. The van der Waals surface area contributed by atoms with Crippen molar-refractivity contribution in [3.05, 3.63) is 89.5 Å². The molecule has 1 saturated carbocycles. The number of fused-ring (bicyclic) bond motifs is 2. The quantitative estimate of drug-likeness (QED) is 0.355. The van der Waals surface area contributed by atoms with Gasteiger partial charge >= 0.3 is 6.18 Å². The Morgan fingerprint density at radius 3 is 2.44 bits per heavy atom. The summed E-state index contributed by atoms with van der Waals surface area (Å²) in [7, 11) is 2.16. The number of rotatable bonds is 4. The predicted molar refractivity (Wildman–Crippen MR) is 153 cm³/mol. The van der Waals surface area contributed by atoms with Gasteiger partial charge in [0.2, 0.25) is 5.70 Å². The second kappa shape index (κ2) is 9.70. The van der Waals surface area contributed by atoms with Crippen LogP contribution in [0.3, 0.4) is 0 Å². The van der Waals surface area contributed by atoms with Gasteiger partial charge in [-0.15, -0.1) is 4.59 Å². The number of hydrogen-bond donors (Lipinski definition) is 1. The minimum Gasteiger partial charge on any atom is -0.304 e. The molecule has 7 rings (SSSR count). The summed E-state index contributed by atoms with van der Waals surface area (Å²) in [5.41, 5.74) is 2.78. The molecule has 3 aliphatic heterocycles. The van der Waals surface area contributed by atoms with E-state index in [9.17, 15) is 13.2 Å². The number of likely N-dealkylation sites (N-methyl/N-ethyl adjacent to an activating group) is 1. The highest BCUT2D eigenvalue weighted by Gasteiger charge is 2.49. The van der Waals surface area contributed by atoms with E-state index in [-0.39, 0.29) is 27.1 Å². The topological polar surface area (TPSA) is 70.1 Å². The van der Waals surface area contributed by atoms with Gasteiger partial charge in [-0.2, -0.15) is 24.0 Å². The van der Waals surface area contributed by atoms with Crippen molar-refractivity contribution in [3.8, 4) is 11.3 Å². The van der Waals surface area contributed by atoms with E-state index in [1.165, 1.54) is 6.07 Å². The van der Waals surface area contributed by atoms with Crippen LogP contribution in [-0.2, 0) is 6.18 Å². The van der Waals surface area contributed by atoms with Gasteiger partial charge in [0, 0.05) is 49.1 Å². The number of alkyl halides is 3. The number of piperazine rings is 1. The number of benzene rings is 2. The highest BCUT2D eigenvalue weighted by molar-refractivity contribution is 6.03. The van der Waals surface area contributed by atoms with Crippen molar-refractivity contribution < 1.29 is 17.8 Å². The number of hydrogen-bond acceptors (Lipinski definition) is 6. The Hall–Kier alpha value is -3.70. The minimum absolute atomic E-state index is 0.0428. The maximum Gasteiger partial charge on any atom is 0.417 e. The molecule has 1 unspecified atom stereocenters. The molecule has 4 aliphatic rings. The van der Waals surface area contributed by atoms with Crippen LogP contribution in [0.1, 0.15) is 24.0 Å². The van der Waals surface area contributed by atoms with E-state index in [4.69, 9.17) is 10.8 Å². The van der Waals surface area contributed by atoms with Gasteiger partial charge in [-0.1, -0.05) is 36.4 Å². The Kier molecular flexibility index (Phi) is 6.20. The van der Waals surface area contributed by atoms with Gasteiger partial charge in [0.15, 0.2) is 0 Å². The van der Waals surface area contributed by atoms with Crippen LogP contribution in [0.25, 0.3) is 22.2 Å². The van der Waals surface area contributed by atoms with Gasteiger partial charge in [-0.05, 0) is 38.1 Å². The van der Waals surface area contributed by atoms with Crippen molar-refractivity contribution in [3.63, 3.8) is 0 Å². The summed E-state index contributed by atoms with van der Waals surface area (Å²) >= 11 is 0. The number of amidine groups is 1. The number of nitrogens with zero attached hydrogens (tertiary/aromatic N) is 6. The van der Waals surface area contributed by atoms with Gasteiger partial charge in [0.1, 0.15) is 11.9 Å². The smallest absolute Gasteiger partial charge is 0.304 e. The molecule has 0 radical (unpaired) electrons. The standard InChI is InChI=1S/C31H31F3N7/c1-39-10-12-40(13-11-39)23-15-22(16-23)29-28-19-36-9-14-41(28,35)30(38-29)21-7-8-24-25(31(32,33)34)18-26(37-27(24)17-21)20-5-3-2-4-6-20/h2-9,14,17-19,22-23H,10-13,15-16,35H2,1H3/q+1. The fourth-order valence-electron chi connectivity index (χ4n) is 6.36. The van der Waals surface area contributed by atoms with E-state index >= 15 is 0 Å². The molecule has 0 spiro atoms. The van der Waals surface area contributed by atoms with Crippen molar-refractivity contribution in [1.29, 1.82) is 0 Å². The van der Waals surface area contributed by atoms with Crippen molar-refractivity contribution in [2.75, 3.05) is 33.2 Å². The van der Waals surface area contributed by atoms with Crippen LogP contribution >= 0.6 is 0 Å². The average Bonchev–Trinajstić information content (AvgIpc) is 3.25. The van der Waals surface area contributed by atoms with E-state index < -0.39 is 11.7 Å². The van der Waals surface area contributed by atoms with Crippen LogP contribution in [0, 0.1) is 5.92 Å². The molecule has 2 aromatic carbocycles. The summed E-state index contributed by atoms with van der Waals surface area (Å²) < 4.78 is 42.3. The summed E-state index contributed by atoms with van der Waals surface area (Å²) in [6, 6.07) is 15.4. The van der Waals surface area contributed by atoms with Gasteiger partial charge in [-0.3, -0.25) is 9.89 Å². The number of quaternary nitrogens is 1. The SMILES string of the molecule is CN1CCN(C2CC(C3=C4C=NC=C[N+]4(N)C(c4ccc5c(C(F)(F)F)cc(-c6ccccc6)nc5c4)=N3)C2)CC1. The van der Waals surface area contributed by atoms with Gasteiger partial charge in [0.05, 0.1) is 34.8 Å². The fourth-order valence-corrected chi connectivity index (χ4v) is 6.36. The molecule has 210 valence electrons. The molecular formula is C31H31F3N7+. The predicted octanol–water partition coefficient (Wildman–Crippen LogP) is 5.16. The van der Waals surface area contributed by atoms with Crippen molar-refractivity contribution in [2.45, 2.75) is 25.1 Å². The molecule has 2 N–H and O–H groups in total. The molecule has 1 aliphatic carbocycles. The first-order valence-electron chi connectivity index (χ1n) is 13.9. The summed E-state index contributed by atoms with van der Waals surface area (Å²) in [6.07, 6.45) is 2.67. The number of allylic oxidation sites excluding steroid dienone is 2. The van der Waals surface area contributed by atoms with E-state index in [0.717, 1.165) is 56.5 Å². The molecule has 1 atom stereocenters. The molecule has 1 aromatic heterocycles. The molecule has 0 amide bonds. The lowest BCUT2D eigenvalue weighted by Gasteiger charge is -2.45. The fraction of sp³-hybridized carbons (Fsp3) is 0.323. The largest absolute Gasteiger partial charge is 0.417 e. The molecule has 41 heavy (non-hydrogen) atoms. The van der Waals surface area contributed by atoms with Crippen molar-refractivity contribution in [1.82, 2.24) is 14.8 Å². The van der Waals surface area contributed by atoms with Crippen LogP contribution in [0.5, 0.6) is 0 Å². The van der Waals surface area contributed by atoms with Crippen LogP contribution in [0.15, 0.2) is 88.4 Å². The van der Waals surface area contributed by atoms with Crippen LogP contribution in [0.2, 0.25) is 0 Å². The lowest BCUT2D eigenvalue weighted by molar-refractivity contribution is -0.750. The minimum atomic E-state index is -4.53. The third-order valence-electron chi connectivity index (χ3n) is 8.82. The zero-order valence-electron chi connectivity index (χ0n) is 22.7. The molecule has 10 heteroatoms. The number of aromatic nitrogens is 1. The Morgan fingerprint density at radius 2 is 1.71 bits per heavy atom. The molecular weight excluding hydrogens is 527 g/mol. The van der Waals surface area contributed by atoms with Crippen molar-refractivity contribution >= 4 is 23.0 Å². The molecule has 1 saturated heterocycles. The van der Waals surface area contributed by atoms with E-state index in [0.29, 0.717) is 23.0 Å². The normalized spacial score (nSPS) is 26.8. The van der Waals surface area contributed by atoms with Crippen molar-refractivity contribution in [2.24, 2.45) is 21.7 Å². The number of aliphatic imine (C=N–C) groups is 2. The Balaban J connectivity index is 1.26. The van der Waals surface area contributed by atoms with E-state index in [2.05, 4.69) is 26.8 Å². The van der Waals surface area contributed by atoms with E-state index in [1.54, 1.807) is 55.0 Å². The Bertz CT molecular complexity index is 1630. The van der Waals surface area contributed by atoms with Crippen LogP contribution in [-0.4, -0.2) is 70.7 Å². The maximum absolute atomic E-state index is 14.2. The molecule has 0 bridgehead atoms. The zero-order chi connectivity index (χ0) is 28.4. The van der Waals surface area contributed by atoms with Crippen LogP contribution < -0.4 is 5.84 Å². The zero-order valence-corrected chi connectivity index (χ0v) is 22.7. The number of halogens is 3. The second-order valence-electron chi connectivity index (χ2n) is 11.4. The van der Waals surface area contributed by atoms with E-state index in [1.807, 2.05) is 6.07 Å². The first-order chi connectivity index (χ1) is 19.7. The van der Waals surface area contributed by atoms with Gasteiger partial charge < -0.3 is 4.90 Å². The molecule has 3 aromatic rings. The molecule has 7 nitrogen and oxygen atoms in total. The number of pyridine rings is 1.